The first-order valence-electron chi connectivity index (χ1n) is 5.21. The lowest BCUT2D eigenvalue weighted by atomic mass is 10.1. The van der Waals surface area contributed by atoms with Crippen LogP contribution in [-0.2, 0) is 0 Å². The molecule has 2 aromatic heterocycles. The van der Waals surface area contributed by atoms with E-state index in [1.807, 2.05) is 13.1 Å². The van der Waals surface area contributed by atoms with Crippen molar-refractivity contribution in [2.45, 2.75) is 6.92 Å². The van der Waals surface area contributed by atoms with Crippen molar-refractivity contribution in [3.05, 3.63) is 56.7 Å². The number of H-pyrrole nitrogens is 1. The largest absolute Gasteiger partial charge is 0.422 e. The molecule has 1 aromatic carbocycles. The predicted octanol–water partition coefficient (Wildman–Crippen LogP) is 1.94. The van der Waals surface area contributed by atoms with Crippen LogP contribution < -0.4 is 11.1 Å². The number of aryl methyl sites for hydroxylation is 1. The van der Waals surface area contributed by atoms with Crippen LogP contribution in [0.1, 0.15) is 5.56 Å². The van der Waals surface area contributed by atoms with Crippen LogP contribution in [0.3, 0.4) is 0 Å². The Bertz CT molecular complexity index is 843. The summed E-state index contributed by atoms with van der Waals surface area (Å²) in [5.74, 6) is 0. The lowest BCUT2D eigenvalue weighted by Crippen LogP contribution is -2.04. The highest BCUT2D eigenvalue weighted by Crippen LogP contribution is 2.19. The van der Waals surface area contributed by atoms with E-state index >= 15 is 0 Å². The fourth-order valence-corrected chi connectivity index (χ4v) is 1.94. The highest BCUT2D eigenvalue weighted by molar-refractivity contribution is 6.01. The third-order valence-electron chi connectivity index (χ3n) is 2.73. The maximum atomic E-state index is 11.8. The lowest BCUT2D eigenvalue weighted by molar-refractivity contribution is 0.569. The van der Waals surface area contributed by atoms with Gasteiger partial charge in [0.05, 0.1) is 10.9 Å². The number of rotatable bonds is 0. The second kappa shape index (κ2) is 3.31. The first kappa shape index (κ1) is 9.84. The number of fused-ring (bicyclic) bond motifs is 3. The highest BCUT2D eigenvalue weighted by atomic mass is 16.4. The molecule has 4 nitrogen and oxygen atoms in total. The molecule has 3 aromatic rings. The molecular formula is C13H9NO3. The fraction of sp³-hybridized carbons (Fsp3) is 0.0769. The minimum atomic E-state index is -0.432. The average molecular weight is 227 g/mol. The van der Waals surface area contributed by atoms with Crippen molar-refractivity contribution in [1.82, 2.24) is 4.98 Å². The van der Waals surface area contributed by atoms with Gasteiger partial charge in [-0.15, -0.1) is 0 Å². The van der Waals surface area contributed by atoms with E-state index in [2.05, 4.69) is 4.98 Å². The standard InChI is InChI=1S/C13H9NO3/c1-7-4-10-12(14-6-7)9-3-2-8(15)5-11(9)17-13(10)16/h2-6,14H,1H3. The number of pyridine rings is 1. The molecule has 0 aliphatic heterocycles. The van der Waals surface area contributed by atoms with Crippen LogP contribution in [0, 0.1) is 6.92 Å². The molecule has 0 aliphatic rings. The van der Waals surface area contributed by atoms with Gasteiger partial charge in [-0.05, 0) is 30.7 Å². The average Bonchev–Trinajstić information content (AvgIpc) is 2.29. The topological polar surface area (TPSA) is 63.1 Å². The molecule has 0 unspecified atom stereocenters. The number of aromatic amines is 1. The van der Waals surface area contributed by atoms with E-state index in [9.17, 15) is 9.59 Å². The predicted molar refractivity (Wildman–Crippen MR) is 65.3 cm³/mol. The number of aromatic nitrogens is 1. The van der Waals surface area contributed by atoms with Crippen LogP contribution in [0.25, 0.3) is 21.9 Å². The Kier molecular flexibility index (Phi) is 1.92. The van der Waals surface area contributed by atoms with Crippen LogP contribution in [0.4, 0.5) is 0 Å². The fourth-order valence-electron chi connectivity index (χ4n) is 1.94. The molecule has 0 spiro atoms. The molecule has 17 heavy (non-hydrogen) atoms. The Morgan fingerprint density at radius 1 is 1.12 bits per heavy atom. The zero-order valence-electron chi connectivity index (χ0n) is 9.11. The molecule has 2 heterocycles. The summed E-state index contributed by atoms with van der Waals surface area (Å²) in [6, 6.07) is 6.20. The monoisotopic (exact) mass is 227 g/mol. The Hall–Kier alpha value is -2.36. The van der Waals surface area contributed by atoms with Crippen LogP contribution in [0.5, 0.6) is 0 Å². The van der Waals surface area contributed by atoms with Gasteiger partial charge in [0.2, 0.25) is 0 Å². The minimum Gasteiger partial charge on any atom is -0.422 e. The number of nitrogens with one attached hydrogen (secondary N) is 1. The molecule has 0 saturated heterocycles. The van der Waals surface area contributed by atoms with E-state index in [0.717, 1.165) is 10.9 Å². The maximum Gasteiger partial charge on any atom is 0.345 e. The van der Waals surface area contributed by atoms with Gasteiger partial charge in [-0.3, -0.25) is 4.79 Å². The smallest absolute Gasteiger partial charge is 0.345 e. The molecule has 4 heteroatoms. The minimum absolute atomic E-state index is 0.174. The van der Waals surface area contributed by atoms with E-state index < -0.39 is 5.63 Å². The first-order chi connectivity index (χ1) is 8.15. The van der Waals surface area contributed by atoms with Crippen LogP contribution >= 0.6 is 0 Å². The van der Waals surface area contributed by atoms with Gasteiger partial charge in [0.1, 0.15) is 5.58 Å². The molecule has 3 rings (SSSR count). The van der Waals surface area contributed by atoms with Gasteiger partial charge in [0, 0.05) is 17.6 Å². The quantitative estimate of drug-likeness (QED) is 0.471. The molecule has 0 saturated carbocycles. The third kappa shape index (κ3) is 1.45. The van der Waals surface area contributed by atoms with Gasteiger partial charge in [-0.2, -0.15) is 0 Å². The van der Waals surface area contributed by atoms with E-state index in [1.165, 1.54) is 12.1 Å². The maximum absolute atomic E-state index is 11.8. The summed E-state index contributed by atoms with van der Waals surface area (Å²) >= 11 is 0. The summed E-state index contributed by atoms with van der Waals surface area (Å²) in [5, 5.41) is 1.23. The molecule has 0 fully saturated rings. The Labute approximate surface area is 95.5 Å². The molecule has 0 atom stereocenters. The molecular weight excluding hydrogens is 218 g/mol. The van der Waals surface area contributed by atoms with E-state index in [1.54, 1.807) is 12.1 Å². The number of benzene rings is 1. The highest BCUT2D eigenvalue weighted by Gasteiger charge is 2.07. The molecule has 84 valence electrons. The van der Waals surface area contributed by atoms with Crippen LogP contribution in [-0.4, -0.2) is 4.98 Å². The molecule has 0 amide bonds. The second-order valence-corrected chi connectivity index (χ2v) is 4.01. The third-order valence-corrected chi connectivity index (χ3v) is 2.73. The van der Waals surface area contributed by atoms with Crippen molar-refractivity contribution in [2.75, 3.05) is 0 Å². The van der Waals surface area contributed by atoms with Crippen molar-refractivity contribution >= 4 is 21.9 Å². The summed E-state index contributed by atoms with van der Waals surface area (Å²) in [6.45, 7) is 1.89. The molecule has 0 radical (unpaired) electrons. The summed E-state index contributed by atoms with van der Waals surface area (Å²) in [6.07, 6.45) is 1.81. The zero-order chi connectivity index (χ0) is 12.0. The van der Waals surface area contributed by atoms with Crippen molar-refractivity contribution in [3.8, 4) is 0 Å². The normalized spacial score (nSPS) is 11.1. The molecule has 0 aliphatic carbocycles. The summed E-state index contributed by atoms with van der Waals surface area (Å²) in [5.41, 5.74) is 1.35. The van der Waals surface area contributed by atoms with E-state index in [4.69, 9.17) is 4.42 Å². The van der Waals surface area contributed by atoms with Crippen molar-refractivity contribution in [1.29, 1.82) is 0 Å². The van der Waals surface area contributed by atoms with Gasteiger partial charge in [0.15, 0.2) is 5.43 Å². The second-order valence-electron chi connectivity index (χ2n) is 4.01. The van der Waals surface area contributed by atoms with Crippen LogP contribution in [0.2, 0.25) is 0 Å². The van der Waals surface area contributed by atoms with Gasteiger partial charge in [-0.25, -0.2) is 4.79 Å². The van der Waals surface area contributed by atoms with Crippen molar-refractivity contribution in [3.63, 3.8) is 0 Å². The Morgan fingerprint density at radius 3 is 2.76 bits per heavy atom. The first-order valence-corrected chi connectivity index (χ1v) is 5.21. The molecule has 1 N–H and O–H groups in total. The van der Waals surface area contributed by atoms with Gasteiger partial charge < -0.3 is 9.40 Å². The number of hydrogen-bond acceptors (Lipinski definition) is 3. The van der Waals surface area contributed by atoms with Gasteiger partial charge in [-0.1, -0.05) is 0 Å². The van der Waals surface area contributed by atoms with E-state index in [0.29, 0.717) is 16.5 Å². The van der Waals surface area contributed by atoms with Crippen molar-refractivity contribution in [2.24, 2.45) is 0 Å². The van der Waals surface area contributed by atoms with Crippen LogP contribution in [0.15, 0.2) is 44.5 Å². The van der Waals surface area contributed by atoms with E-state index in [-0.39, 0.29) is 5.43 Å². The summed E-state index contributed by atoms with van der Waals surface area (Å²) < 4.78 is 5.14. The molecule has 0 bridgehead atoms. The zero-order valence-corrected chi connectivity index (χ0v) is 9.11. The summed E-state index contributed by atoms with van der Waals surface area (Å²) in [7, 11) is 0. The summed E-state index contributed by atoms with van der Waals surface area (Å²) in [4.78, 5) is 26.0. The van der Waals surface area contributed by atoms with Crippen molar-refractivity contribution < 1.29 is 4.42 Å². The van der Waals surface area contributed by atoms with Gasteiger partial charge in [0.25, 0.3) is 0 Å². The Morgan fingerprint density at radius 2 is 1.94 bits per heavy atom. The SMILES string of the molecule is Cc1c[nH]c2c(c1)c(=O)oc1cc(=O)ccc12. The number of hydrogen-bond donors (Lipinski definition) is 1. The Balaban J connectivity index is 2.65. The lowest BCUT2D eigenvalue weighted by Gasteiger charge is -2.02. The van der Waals surface area contributed by atoms with Gasteiger partial charge >= 0.3 is 5.63 Å².